The predicted molar refractivity (Wildman–Crippen MR) is 113 cm³/mol. The molecule has 6 heteroatoms. The molecule has 1 aliphatic rings. The Morgan fingerprint density at radius 2 is 1.57 bits per heavy atom. The standard InChI is InChI=1S/C20H36N2O4.C2H6/c1-7-16(23)19(2,3)13-20(4,5)18(26)21-15(17(24)25)12-14-8-10-22(6)11-9-14;1-2/h14-15H,7-13H2,1-6H3,(H,21,26)(H,24,25);1-2H3. The van der Waals surface area contributed by atoms with Crippen molar-refractivity contribution in [2.75, 3.05) is 20.1 Å². The Bertz CT molecular complexity index is 521. The first-order valence-electron chi connectivity index (χ1n) is 10.6. The van der Waals surface area contributed by atoms with Crippen molar-refractivity contribution in [3.63, 3.8) is 0 Å². The first-order chi connectivity index (χ1) is 12.9. The van der Waals surface area contributed by atoms with E-state index in [9.17, 15) is 19.5 Å². The Kier molecular flexibility index (Phi) is 11.0. The fourth-order valence-corrected chi connectivity index (χ4v) is 3.97. The smallest absolute Gasteiger partial charge is 0.326 e. The average molecular weight is 399 g/mol. The fraction of sp³-hybridized carbons (Fsp3) is 0.864. The van der Waals surface area contributed by atoms with E-state index in [0.29, 0.717) is 25.2 Å². The summed E-state index contributed by atoms with van der Waals surface area (Å²) in [6, 6.07) is -0.875. The number of likely N-dealkylation sites (tertiary alicyclic amines) is 1. The van der Waals surface area contributed by atoms with Crippen LogP contribution in [0.25, 0.3) is 0 Å². The van der Waals surface area contributed by atoms with Crippen molar-refractivity contribution < 1.29 is 19.5 Å². The molecule has 0 aromatic heterocycles. The maximum Gasteiger partial charge on any atom is 0.326 e. The van der Waals surface area contributed by atoms with Gasteiger partial charge in [0.15, 0.2) is 0 Å². The van der Waals surface area contributed by atoms with E-state index in [2.05, 4.69) is 17.3 Å². The predicted octanol–water partition coefficient (Wildman–Crippen LogP) is 3.74. The Morgan fingerprint density at radius 1 is 1.07 bits per heavy atom. The minimum absolute atomic E-state index is 0.111. The largest absolute Gasteiger partial charge is 0.480 e. The molecular weight excluding hydrogens is 356 g/mol. The van der Waals surface area contributed by atoms with Gasteiger partial charge in [0, 0.05) is 17.3 Å². The molecular formula is C22H42N2O4. The summed E-state index contributed by atoms with van der Waals surface area (Å²) < 4.78 is 0. The molecule has 0 spiro atoms. The van der Waals surface area contributed by atoms with Gasteiger partial charge in [0.05, 0.1) is 0 Å². The molecule has 0 radical (unpaired) electrons. The molecule has 0 bridgehead atoms. The third-order valence-electron chi connectivity index (χ3n) is 5.59. The molecule has 1 unspecified atom stereocenters. The maximum atomic E-state index is 12.8. The topological polar surface area (TPSA) is 86.7 Å². The van der Waals surface area contributed by atoms with E-state index in [-0.39, 0.29) is 11.7 Å². The molecule has 0 saturated carbocycles. The molecule has 1 amide bonds. The highest BCUT2D eigenvalue weighted by atomic mass is 16.4. The third kappa shape index (κ3) is 8.29. The molecule has 1 heterocycles. The second-order valence-corrected chi connectivity index (χ2v) is 9.07. The molecule has 0 aliphatic carbocycles. The van der Waals surface area contributed by atoms with Gasteiger partial charge in [-0.3, -0.25) is 9.59 Å². The van der Waals surface area contributed by atoms with Crippen molar-refractivity contribution in [3.05, 3.63) is 0 Å². The number of rotatable bonds is 9. The van der Waals surface area contributed by atoms with Crippen molar-refractivity contribution in [1.29, 1.82) is 0 Å². The average Bonchev–Trinajstić information content (AvgIpc) is 2.62. The molecule has 2 N–H and O–H groups in total. The highest BCUT2D eigenvalue weighted by Crippen LogP contribution is 2.35. The molecule has 28 heavy (non-hydrogen) atoms. The SMILES string of the molecule is CC.CCC(=O)C(C)(C)CC(C)(C)C(=O)NC(CC1CCN(C)CC1)C(=O)O. The maximum absolute atomic E-state index is 12.8. The number of Topliss-reactive ketones (excluding diaryl/α,β-unsaturated/α-hetero) is 1. The summed E-state index contributed by atoms with van der Waals surface area (Å²) in [4.78, 5) is 38.8. The molecule has 1 rings (SSSR count). The van der Waals surface area contributed by atoms with Gasteiger partial charge in [0.2, 0.25) is 5.91 Å². The van der Waals surface area contributed by atoms with Gasteiger partial charge in [0.25, 0.3) is 0 Å². The number of carboxylic acid groups (broad SMARTS) is 1. The molecule has 1 atom stereocenters. The number of nitrogens with one attached hydrogen (secondary N) is 1. The number of carboxylic acids is 1. The summed E-state index contributed by atoms with van der Waals surface area (Å²) in [6.07, 6.45) is 3.19. The summed E-state index contributed by atoms with van der Waals surface area (Å²) in [5.41, 5.74) is -1.42. The van der Waals surface area contributed by atoms with Crippen LogP contribution >= 0.6 is 0 Å². The number of aliphatic carboxylic acids is 1. The molecule has 0 aromatic rings. The van der Waals surface area contributed by atoms with E-state index >= 15 is 0 Å². The Balaban J connectivity index is 0.00000352. The van der Waals surface area contributed by atoms with Gasteiger partial charge in [-0.15, -0.1) is 0 Å². The summed E-state index contributed by atoms with van der Waals surface area (Å²) >= 11 is 0. The molecule has 1 aliphatic heterocycles. The molecule has 1 saturated heterocycles. The molecule has 1 fully saturated rings. The van der Waals surface area contributed by atoms with Gasteiger partial charge in [0.1, 0.15) is 11.8 Å². The molecule has 6 nitrogen and oxygen atoms in total. The molecule has 164 valence electrons. The van der Waals surface area contributed by atoms with Crippen LogP contribution < -0.4 is 5.32 Å². The highest BCUT2D eigenvalue weighted by molar-refractivity contribution is 5.89. The van der Waals surface area contributed by atoms with Crippen LogP contribution in [0.4, 0.5) is 0 Å². The summed E-state index contributed by atoms with van der Waals surface area (Å²) in [5, 5.41) is 12.3. The van der Waals surface area contributed by atoms with E-state index in [1.807, 2.05) is 34.6 Å². The number of piperidine rings is 1. The second kappa shape index (κ2) is 11.5. The van der Waals surface area contributed by atoms with E-state index in [1.54, 1.807) is 13.8 Å². The first kappa shape index (κ1) is 26.6. The Labute approximate surface area is 171 Å². The van der Waals surface area contributed by atoms with Crippen LogP contribution in [0.5, 0.6) is 0 Å². The lowest BCUT2D eigenvalue weighted by Gasteiger charge is -2.34. The zero-order valence-electron chi connectivity index (χ0n) is 19.2. The van der Waals surface area contributed by atoms with Crippen LogP contribution in [-0.2, 0) is 14.4 Å². The Hall–Kier alpha value is -1.43. The monoisotopic (exact) mass is 398 g/mol. The fourth-order valence-electron chi connectivity index (χ4n) is 3.97. The number of hydrogen-bond acceptors (Lipinski definition) is 4. The third-order valence-corrected chi connectivity index (χ3v) is 5.59. The van der Waals surface area contributed by atoms with Gasteiger partial charge in [-0.25, -0.2) is 4.79 Å². The van der Waals surface area contributed by atoms with Crippen molar-refractivity contribution in [3.8, 4) is 0 Å². The van der Waals surface area contributed by atoms with Gasteiger partial charge in [-0.1, -0.05) is 48.5 Å². The van der Waals surface area contributed by atoms with Crippen LogP contribution in [0.15, 0.2) is 0 Å². The van der Waals surface area contributed by atoms with Crippen LogP contribution in [0, 0.1) is 16.7 Å². The summed E-state index contributed by atoms with van der Waals surface area (Å²) in [6.45, 7) is 15.0. The van der Waals surface area contributed by atoms with Crippen molar-refractivity contribution in [2.45, 2.75) is 86.6 Å². The van der Waals surface area contributed by atoms with Gasteiger partial charge >= 0.3 is 5.97 Å². The number of ketones is 1. The van der Waals surface area contributed by atoms with E-state index in [0.717, 1.165) is 25.9 Å². The lowest BCUT2D eigenvalue weighted by molar-refractivity contribution is -0.145. The number of amides is 1. The zero-order chi connectivity index (χ0) is 22.1. The number of hydrogen-bond donors (Lipinski definition) is 2. The van der Waals surface area contributed by atoms with Crippen molar-refractivity contribution >= 4 is 17.7 Å². The van der Waals surface area contributed by atoms with Gasteiger partial charge in [-0.05, 0) is 51.7 Å². The van der Waals surface area contributed by atoms with Crippen LogP contribution in [0.2, 0.25) is 0 Å². The minimum atomic E-state index is -0.989. The van der Waals surface area contributed by atoms with Crippen LogP contribution in [0.3, 0.4) is 0 Å². The van der Waals surface area contributed by atoms with E-state index in [1.165, 1.54) is 0 Å². The second-order valence-electron chi connectivity index (χ2n) is 9.07. The van der Waals surface area contributed by atoms with E-state index in [4.69, 9.17) is 0 Å². The van der Waals surface area contributed by atoms with E-state index < -0.39 is 22.8 Å². The van der Waals surface area contributed by atoms with Crippen LogP contribution in [-0.4, -0.2) is 53.8 Å². The molecule has 0 aromatic carbocycles. The first-order valence-corrected chi connectivity index (χ1v) is 10.6. The number of carbonyl (C=O) groups is 3. The lowest BCUT2D eigenvalue weighted by Crippen LogP contribution is -2.49. The minimum Gasteiger partial charge on any atom is -0.480 e. The number of carbonyl (C=O) groups excluding carboxylic acids is 2. The lowest BCUT2D eigenvalue weighted by atomic mass is 9.71. The van der Waals surface area contributed by atoms with Crippen molar-refractivity contribution in [2.24, 2.45) is 16.7 Å². The number of nitrogens with zero attached hydrogens (tertiary/aromatic N) is 1. The van der Waals surface area contributed by atoms with Crippen LogP contribution in [0.1, 0.15) is 80.6 Å². The Morgan fingerprint density at radius 3 is 2.00 bits per heavy atom. The normalized spacial score (nSPS) is 17.3. The quantitative estimate of drug-likeness (QED) is 0.618. The summed E-state index contributed by atoms with van der Waals surface area (Å²) in [5.74, 6) is -0.861. The summed E-state index contributed by atoms with van der Waals surface area (Å²) in [7, 11) is 2.06. The zero-order valence-corrected chi connectivity index (χ0v) is 19.2. The van der Waals surface area contributed by atoms with Gasteiger partial charge < -0.3 is 15.3 Å². The van der Waals surface area contributed by atoms with Gasteiger partial charge in [-0.2, -0.15) is 0 Å². The van der Waals surface area contributed by atoms with Crippen molar-refractivity contribution in [1.82, 2.24) is 10.2 Å². The highest BCUT2D eigenvalue weighted by Gasteiger charge is 2.39.